The van der Waals surface area contributed by atoms with Gasteiger partial charge in [0.1, 0.15) is 17.6 Å². The van der Waals surface area contributed by atoms with Gasteiger partial charge in [-0.05, 0) is 63.8 Å². The summed E-state index contributed by atoms with van der Waals surface area (Å²) < 4.78 is 12.5. The number of allylic oxidation sites excluding steroid dienone is 1. The molecule has 2 saturated heterocycles. The summed E-state index contributed by atoms with van der Waals surface area (Å²) in [5.41, 5.74) is -0.756. The van der Waals surface area contributed by atoms with Crippen LogP contribution in [0.25, 0.3) is 0 Å². The molecular weight excluding hydrogens is 522 g/mol. The van der Waals surface area contributed by atoms with E-state index in [1.165, 1.54) is 4.90 Å². The quantitative estimate of drug-likeness (QED) is 0.400. The van der Waals surface area contributed by atoms with E-state index >= 15 is 0 Å². The number of amides is 2. The summed E-state index contributed by atoms with van der Waals surface area (Å²) in [6, 6.07) is 6.17. The maximum atomic E-state index is 14.7. The van der Waals surface area contributed by atoms with E-state index in [0.717, 1.165) is 18.8 Å². The van der Waals surface area contributed by atoms with E-state index < -0.39 is 41.1 Å². The lowest BCUT2D eigenvalue weighted by molar-refractivity contribution is -0.160. The number of nitrogens with zero attached hydrogens (tertiary/aromatic N) is 3. The zero-order valence-corrected chi connectivity index (χ0v) is 24.8. The first-order valence-corrected chi connectivity index (χ1v) is 14.9. The molecule has 2 amide bonds. The smallest absolute Gasteiger partial charge is 0.313 e. The number of cyclic esters (lactones) is 1. The molecular formula is C32H43N3O6. The summed E-state index contributed by atoms with van der Waals surface area (Å²) in [4.78, 5) is 48.1. The molecule has 5 rings (SSSR count). The van der Waals surface area contributed by atoms with E-state index in [4.69, 9.17) is 9.47 Å². The molecule has 1 N–H and O–H groups in total. The Morgan fingerprint density at radius 1 is 1.02 bits per heavy atom. The van der Waals surface area contributed by atoms with Gasteiger partial charge in [0.25, 0.3) is 5.91 Å². The standard InChI is InChI=1S/C32H43N3O6/c1-6-33(7-2)22-12-14-23(15-13-22)34-18-11-17-32-25(26-30(39)40-19-10-8-9-16-31(26,5)41-32)28(37)35(27(32)29(34)38)24(20-36)21(3)4/h9,11-17,21,24-27,36H,6-8,10,18-20H2,1-5H3/b16-9-/t24-,25-,26-,27?,31+,32-/m0/s1. The highest BCUT2D eigenvalue weighted by Gasteiger charge is 2.75. The van der Waals surface area contributed by atoms with E-state index in [2.05, 4.69) is 18.7 Å². The highest BCUT2D eigenvalue weighted by atomic mass is 16.6. The maximum Gasteiger partial charge on any atom is 0.313 e. The van der Waals surface area contributed by atoms with Crippen LogP contribution in [0.1, 0.15) is 47.5 Å². The SMILES string of the molecule is CCN(CC)c1ccc(N2CC=C[C@]34O[C@]5(C)/C=C\CCCOC(=O)[C@@H]5[C@H]3C(=O)N([C@@H](CO)C(C)C)C4C2=O)cc1. The van der Waals surface area contributed by atoms with Crippen LogP contribution in [-0.4, -0.2) is 83.9 Å². The Morgan fingerprint density at radius 3 is 2.37 bits per heavy atom. The molecule has 4 aliphatic rings. The Labute approximate surface area is 242 Å². The van der Waals surface area contributed by atoms with Crippen molar-refractivity contribution >= 4 is 29.2 Å². The molecule has 222 valence electrons. The molecule has 4 aliphatic heterocycles. The fourth-order valence-corrected chi connectivity index (χ4v) is 7.22. The molecule has 0 bridgehead atoms. The Balaban J connectivity index is 1.62. The molecule has 1 spiro atoms. The number of aliphatic hydroxyl groups is 1. The van der Waals surface area contributed by atoms with Crippen LogP contribution in [0.15, 0.2) is 48.6 Å². The van der Waals surface area contributed by atoms with E-state index in [1.54, 1.807) is 11.8 Å². The summed E-state index contributed by atoms with van der Waals surface area (Å²) in [5, 5.41) is 10.5. The average molecular weight is 566 g/mol. The van der Waals surface area contributed by atoms with Gasteiger partial charge in [0.05, 0.1) is 30.8 Å². The number of rotatable bonds is 7. The lowest BCUT2D eigenvalue weighted by Crippen LogP contribution is -2.59. The predicted octanol–water partition coefficient (Wildman–Crippen LogP) is 3.32. The third-order valence-corrected chi connectivity index (χ3v) is 9.29. The van der Waals surface area contributed by atoms with Gasteiger partial charge in [0, 0.05) is 31.0 Å². The number of likely N-dealkylation sites (tertiary alicyclic amines) is 1. The van der Waals surface area contributed by atoms with Gasteiger partial charge >= 0.3 is 5.97 Å². The number of fused-ring (bicyclic) bond motifs is 2. The zero-order valence-electron chi connectivity index (χ0n) is 24.8. The summed E-state index contributed by atoms with van der Waals surface area (Å²) in [6.07, 6.45) is 8.93. The van der Waals surface area contributed by atoms with Crippen molar-refractivity contribution in [2.45, 2.75) is 70.7 Å². The highest BCUT2D eigenvalue weighted by molar-refractivity contribution is 6.05. The van der Waals surface area contributed by atoms with Crippen LogP contribution in [0, 0.1) is 17.8 Å². The lowest BCUT2D eigenvalue weighted by atomic mass is 9.74. The molecule has 1 aromatic rings. The first-order chi connectivity index (χ1) is 19.6. The molecule has 1 aromatic carbocycles. The van der Waals surface area contributed by atoms with Gasteiger partial charge < -0.3 is 29.3 Å². The second-order valence-corrected chi connectivity index (χ2v) is 12.0. The zero-order chi connectivity index (χ0) is 29.5. The summed E-state index contributed by atoms with van der Waals surface area (Å²) in [5.74, 6) is -3.19. The number of carbonyl (C=O) groups excluding carboxylic acids is 3. The first-order valence-electron chi connectivity index (χ1n) is 14.9. The molecule has 4 heterocycles. The molecule has 2 fully saturated rings. The van der Waals surface area contributed by atoms with Crippen molar-refractivity contribution in [1.82, 2.24) is 4.90 Å². The monoisotopic (exact) mass is 565 g/mol. The van der Waals surface area contributed by atoms with E-state index in [1.807, 2.05) is 62.4 Å². The number of benzene rings is 1. The molecule has 0 aromatic heterocycles. The van der Waals surface area contributed by atoms with Gasteiger partial charge in [-0.3, -0.25) is 14.4 Å². The molecule has 0 radical (unpaired) electrons. The molecule has 9 heteroatoms. The first kappa shape index (κ1) is 29.3. The van der Waals surface area contributed by atoms with Crippen molar-refractivity contribution in [2.24, 2.45) is 17.8 Å². The van der Waals surface area contributed by atoms with E-state index in [0.29, 0.717) is 18.5 Å². The lowest BCUT2D eigenvalue weighted by Gasteiger charge is -2.41. The largest absolute Gasteiger partial charge is 0.465 e. The number of hydrogen-bond donors (Lipinski definition) is 1. The van der Waals surface area contributed by atoms with Crippen molar-refractivity contribution in [2.75, 3.05) is 42.6 Å². The van der Waals surface area contributed by atoms with E-state index in [-0.39, 0.29) is 37.5 Å². The van der Waals surface area contributed by atoms with Crippen LogP contribution in [0.5, 0.6) is 0 Å². The number of anilines is 2. The number of ether oxygens (including phenoxy) is 2. The van der Waals surface area contributed by atoms with Crippen molar-refractivity contribution in [1.29, 1.82) is 0 Å². The van der Waals surface area contributed by atoms with Crippen LogP contribution < -0.4 is 9.80 Å². The molecule has 6 atom stereocenters. The van der Waals surface area contributed by atoms with Gasteiger partial charge in [-0.25, -0.2) is 0 Å². The average Bonchev–Trinajstić information content (AvgIpc) is 3.29. The van der Waals surface area contributed by atoms with Gasteiger partial charge in [-0.15, -0.1) is 0 Å². The predicted molar refractivity (Wildman–Crippen MR) is 156 cm³/mol. The number of esters is 1. The third kappa shape index (κ3) is 4.67. The van der Waals surface area contributed by atoms with Crippen molar-refractivity contribution in [3.8, 4) is 0 Å². The van der Waals surface area contributed by atoms with Crippen molar-refractivity contribution < 1.29 is 29.0 Å². The number of carbonyl (C=O) groups is 3. The summed E-state index contributed by atoms with van der Waals surface area (Å²) in [7, 11) is 0. The highest BCUT2D eigenvalue weighted by Crippen LogP contribution is 2.57. The summed E-state index contributed by atoms with van der Waals surface area (Å²) >= 11 is 0. The van der Waals surface area contributed by atoms with Crippen LogP contribution >= 0.6 is 0 Å². The number of aliphatic hydroxyl groups excluding tert-OH is 1. The van der Waals surface area contributed by atoms with E-state index in [9.17, 15) is 19.5 Å². The fourth-order valence-electron chi connectivity index (χ4n) is 7.22. The molecule has 1 unspecified atom stereocenters. The molecule has 41 heavy (non-hydrogen) atoms. The normalized spacial score (nSPS) is 32.9. The molecule has 9 nitrogen and oxygen atoms in total. The van der Waals surface area contributed by atoms with Crippen LogP contribution in [0.4, 0.5) is 11.4 Å². The van der Waals surface area contributed by atoms with Crippen molar-refractivity contribution in [3.05, 3.63) is 48.6 Å². The fraction of sp³-hybridized carbons (Fsp3) is 0.594. The Hall–Kier alpha value is -3.17. The third-order valence-electron chi connectivity index (χ3n) is 9.29. The topological polar surface area (TPSA) is 99.6 Å². The molecule has 0 aliphatic carbocycles. The van der Waals surface area contributed by atoms with Gasteiger partial charge in [0.2, 0.25) is 5.91 Å². The second kappa shape index (κ2) is 11.2. The van der Waals surface area contributed by atoms with Gasteiger partial charge in [-0.2, -0.15) is 0 Å². The van der Waals surface area contributed by atoms with Crippen LogP contribution in [0.3, 0.4) is 0 Å². The van der Waals surface area contributed by atoms with Gasteiger partial charge in [0.15, 0.2) is 0 Å². The van der Waals surface area contributed by atoms with Crippen LogP contribution in [0.2, 0.25) is 0 Å². The van der Waals surface area contributed by atoms with Gasteiger partial charge in [-0.1, -0.05) is 38.2 Å². The Kier molecular flexibility index (Phi) is 8.05. The minimum atomic E-state index is -1.39. The van der Waals surface area contributed by atoms with Crippen LogP contribution in [-0.2, 0) is 23.9 Å². The Morgan fingerprint density at radius 2 is 1.73 bits per heavy atom. The minimum Gasteiger partial charge on any atom is -0.465 e. The Bertz CT molecular complexity index is 1220. The molecule has 0 saturated carbocycles. The number of hydrogen-bond acceptors (Lipinski definition) is 7. The van der Waals surface area contributed by atoms with Crippen molar-refractivity contribution in [3.63, 3.8) is 0 Å². The minimum absolute atomic E-state index is 0.138. The second-order valence-electron chi connectivity index (χ2n) is 12.0. The summed E-state index contributed by atoms with van der Waals surface area (Å²) in [6.45, 7) is 11.8. The maximum absolute atomic E-state index is 14.7.